The van der Waals surface area contributed by atoms with Crippen LogP contribution in [0.15, 0.2) is 18.2 Å². The maximum Gasteiger partial charge on any atom is 0.411 e. The van der Waals surface area contributed by atoms with E-state index in [1.54, 1.807) is 12.1 Å². The van der Waals surface area contributed by atoms with Crippen LogP contribution in [0.5, 0.6) is 0 Å². The number of carbonyl (C=O) groups is 2. The van der Waals surface area contributed by atoms with E-state index in [4.69, 9.17) is 4.74 Å². The monoisotopic (exact) mass is 405 g/mol. The van der Waals surface area contributed by atoms with Crippen LogP contribution in [0.1, 0.15) is 32.1 Å². The predicted molar refractivity (Wildman–Crippen MR) is 106 cm³/mol. The lowest BCUT2D eigenvalue weighted by Crippen LogP contribution is -2.50. The van der Waals surface area contributed by atoms with Gasteiger partial charge in [-0.25, -0.2) is 9.18 Å². The first-order valence-electron chi connectivity index (χ1n) is 10.3. The van der Waals surface area contributed by atoms with E-state index in [0.29, 0.717) is 37.7 Å². The molecule has 1 aromatic carbocycles. The number of nitrogens with one attached hydrogen (secondary N) is 1. The number of ether oxygens (including phenoxy) is 2. The second-order valence-corrected chi connectivity index (χ2v) is 8.18. The molecule has 2 amide bonds. The Balaban J connectivity index is 1.48. The first kappa shape index (κ1) is 19.9. The fourth-order valence-electron chi connectivity index (χ4n) is 4.92. The third-order valence-corrected chi connectivity index (χ3v) is 6.47. The van der Waals surface area contributed by atoms with Crippen molar-refractivity contribution in [1.29, 1.82) is 0 Å². The van der Waals surface area contributed by atoms with Gasteiger partial charge < -0.3 is 19.3 Å². The Hall–Kier alpha value is -2.35. The van der Waals surface area contributed by atoms with Crippen molar-refractivity contribution in [3.05, 3.63) is 24.0 Å². The summed E-state index contributed by atoms with van der Waals surface area (Å²) in [4.78, 5) is 28.7. The summed E-state index contributed by atoms with van der Waals surface area (Å²) in [5.74, 6) is -0.193. The molecule has 158 valence electrons. The maximum absolute atomic E-state index is 14.8. The zero-order valence-electron chi connectivity index (χ0n) is 16.8. The fraction of sp³-hybridized carbons (Fsp3) is 0.619. The Morgan fingerprint density at radius 3 is 2.79 bits per heavy atom. The predicted octanol–water partition coefficient (Wildman–Crippen LogP) is 3.00. The number of carbonyl (C=O) groups excluding carboxylic acids is 2. The van der Waals surface area contributed by atoms with Gasteiger partial charge in [0.25, 0.3) is 0 Å². The number of benzene rings is 1. The third-order valence-electron chi connectivity index (χ3n) is 6.47. The van der Waals surface area contributed by atoms with Crippen molar-refractivity contribution in [2.45, 2.75) is 38.1 Å². The molecule has 0 unspecified atom stereocenters. The summed E-state index contributed by atoms with van der Waals surface area (Å²) >= 11 is 0. The van der Waals surface area contributed by atoms with Crippen molar-refractivity contribution < 1.29 is 23.5 Å². The highest BCUT2D eigenvalue weighted by atomic mass is 19.1. The minimum atomic E-state index is -0.640. The van der Waals surface area contributed by atoms with E-state index in [-0.39, 0.29) is 11.9 Å². The summed E-state index contributed by atoms with van der Waals surface area (Å²) < 4.78 is 24.8. The Labute approximate surface area is 170 Å². The van der Waals surface area contributed by atoms with Gasteiger partial charge in [0.2, 0.25) is 5.91 Å². The lowest BCUT2D eigenvalue weighted by Gasteiger charge is -2.41. The van der Waals surface area contributed by atoms with E-state index in [0.717, 1.165) is 38.6 Å². The Morgan fingerprint density at radius 1 is 1.28 bits per heavy atom. The van der Waals surface area contributed by atoms with Crippen LogP contribution in [0.2, 0.25) is 0 Å². The van der Waals surface area contributed by atoms with Gasteiger partial charge in [0.15, 0.2) is 0 Å². The molecule has 29 heavy (non-hydrogen) atoms. The summed E-state index contributed by atoms with van der Waals surface area (Å²) in [6, 6.07) is 4.88. The summed E-state index contributed by atoms with van der Waals surface area (Å²) in [6.07, 6.45) is 3.69. The zero-order chi connectivity index (χ0) is 20.4. The Kier molecular flexibility index (Phi) is 5.63. The number of rotatable bonds is 3. The lowest BCUT2D eigenvalue weighted by molar-refractivity contribution is -0.139. The number of hydrogen-bond acceptors (Lipinski definition) is 5. The SMILES string of the molecule is COC(=O)Nc1ccc(N2CCC[C@]3(CCN(C4CCOCC4)C3=O)C2)c(F)c1. The Bertz CT molecular complexity index is 783. The average molecular weight is 405 g/mol. The average Bonchev–Trinajstić information content (AvgIpc) is 3.04. The van der Waals surface area contributed by atoms with Crippen molar-refractivity contribution >= 4 is 23.4 Å². The number of nitrogens with zero attached hydrogens (tertiary/aromatic N) is 2. The zero-order valence-corrected chi connectivity index (χ0v) is 16.8. The molecule has 3 saturated heterocycles. The highest BCUT2D eigenvalue weighted by molar-refractivity contribution is 5.87. The van der Waals surface area contributed by atoms with Crippen LogP contribution in [0.25, 0.3) is 0 Å². The van der Waals surface area contributed by atoms with Gasteiger partial charge in [-0.05, 0) is 50.3 Å². The van der Waals surface area contributed by atoms with Crippen molar-refractivity contribution in [2.24, 2.45) is 5.41 Å². The number of piperidine rings is 1. The van der Waals surface area contributed by atoms with E-state index >= 15 is 0 Å². The van der Waals surface area contributed by atoms with Crippen LogP contribution in [0, 0.1) is 11.2 Å². The molecule has 1 aromatic rings. The van der Waals surface area contributed by atoms with Crippen LogP contribution in [-0.4, -0.2) is 62.9 Å². The van der Waals surface area contributed by atoms with Crippen LogP contribution in [0.4, 0.5) is 20.6 Å². The van der Waals surface area contributed by atoms with E-state index in [1.165, 1.54) is 13.2 Å². The highest BCUT2D eigenvalue weighted by Gasteiger charge is 2.50. The van der Waals surface area contributed by atoms with E-state index in [9.17, 15) is 14.0 Å². The van der Waals surface area contributed by atoms with Gasteiger partial charge in [-0.2, -0.15) is 0 Å². The number of halogens is 1. The first-order valence-corrected chi connectivity index (χ1v) is 10.3. The maximum atomic E-state index is 14.8. The first-order chi connectivity index (χ1) is 14.0. The molecule has 1 spiro atoms. The number of methoxy groups -OCH3 is 1. The topological polar surface area (TPSA) is 71.1 Å². The van der Waals surface area contributed by atoms with Crippen molar-refractivity contribution in [1.82, 2.24) is 4.90 Å². The van der Waals surface area contributed by atoms with Gasteiger partial charge in [-0.15, -0.1) is 0 Å². The molecule has 3 fully saturated rings. The fourth-order valence-corrected chi connectivity index (χ4v) is 4.92. The number of amides is 2. The summed E-state index contributed by atoms with van der Waals surface area (Å²) in [5, 5.41) is 2.47. The quantitative estimate of drug-likeness (QED) is 0.837. The lowest BCUT2D eigenvalue weighted by atomic mass is 9.78. The van der Waals surface area contributed by atoms with Gasteiger partial charge in [-0.3, -0.25) is 10.1 Å². The summed E-state index contributed by atoms with van der Waals surface area (Å²) in [5.41, 5.74) is 0.385. The largest absolute Gasteiger partial charge is 0.453 e. The molecule has 8 heteroatoms. The molecule has 3 heterocycles. The van der Waals surface area contributed by atoms with Crippen molar-refractivity contribution in [2.75, 3.05) is 50.2 Å². The number of anilines is 2. The standard InChI is InChI=1S/C21H28FN3O4/c1-28-20(27)23-15-3-4-18(17(22)13-15)24-9-2-7-21(14-24)8-10-25(19(21)26)16-5-11-29-12-6-16/h3-4,13,16H,2,5-12,14H2,1H3,(H,23,27)/t21-/m0/s1. The molecular weight excluding hydrogens is 377 g/mol. The van der Waals surface area contributed by atoms with E-state index in [2.05, 4.69) is 10.1 Å². The van der Waals surface area contributed by atoms with Crippen molar-refractivity contribution in [3.8, 4) is 0 Å². The van der Waals surface area contributed by atoms with Gasteiger partial charge in [0, 0.05) is 44.6 Å². The number of likely N-dealkylation sites (tertiary alicyclic amines) is 1. The molecular formula is C21H28FN3O4. The molecule has 7 nitrogen and oxygen atoms in total. The van der Waals surface area contributed by atoms with E-state index < -0.39 is 17.3 Å². The molecule has 0 bridgehead atoms. The van der Waals surface area contributed by atoms with Crippen LogP contribution < -0.4 is 10.2 Å². The smallest absolute Gasteiger partial charge is 0.411 e. The number of hydrogen-bond donors (Lipinski definition) is 1. The van der Waals surface area contributed by atoms with E-state index in [1.807, 2.05) is 9.80 Å². The molecule has 1 N–H and O–H groups in total. The highest BCUT2D eigenvalue weighted by Crippen LogP contribution is 2.43. The molecule has 0 saturated carbocycles. The molecule has 4 rings (SSSR count). The molecule has 0 aromatic heterocycles. The normalized spacial score (nSPS) is 25.5. The molecule has 3 aliphatic heterocycles. The Morgan fingerprint density at radius 2 is 2.07 bits per heavy atom. The van der Waals surface area contributed by atoms with Crippen molar-refractivity contribution in [3.63, 3.8) is 0 Å². The van der Waals surface area contributed by atoms with Crippen LogP contribution in [0.3, 0.4) is 0 Å². The van der Waals surface area contributed by atoms with Gasteiger partial charge in [-0.1, -0.05) is 0 Å². The second kappa shape index (κ2) is 8.18. The van der Waals surface area contributed by atoms with Gasteiger partial charge >= 0.3 is 6.09 Å². The van der Waals surface area contributed by atoms with Gasteiger partial charge in [0.1, 0.15) is 5.82 Å². The van der Waals surface area contributed by atoms with Crippen LogP contribution >= 0.6 is 0 Å². The molecule has 1 atom stereocenters. The second-order valence-electron chi connectivity index (χ2n) is 8.18. The molecule has 3 aliphatic rings. The minimum absolute atomic E-state index is 0.221. The minimum Gasteiger partial charge on any atom is -0.453 e. The van der Waals surface area contributed by atoms with Gasteiger partial charge in [0.05, 0.1) is 18.2 Å². The molecule has 0 radical (unpaired) electrons. The third kappa shape index (κ3) is 3.90. The molecule has 0 aliphatic carbocycles. The van der Waals surface area contributed by atoms with Crippen LogP contribution in [-0.2, 0) is 14.3 Å². The summed E-state index contributed by atoms with van der Waals surface area (Å²) in [6.45, 7) is 3.45. The summed E-state index contributed by atoms with van der Waals surface area (Å²) in [7, 11) is 1.26.